The van der Waals surface area contributed by atoms with Crippen LogP contribution in [0.2, 0.25) is 0 Å². The summed E-state index contributed by atoms with van der Waals surface area (Å²) in [5.41, 5.74) is 3.52. The van der Waals surface area contributed by atoms with E-state index in [2.05, 4.69) is 40.6 Å². The normalized spacial score (nSPS) is 12.6. The maximum Gasteiger partial charge on any atom is 0.0897 e. The Morgan fingerprint density at radius 2 is 2.21 bits per heavy atom. The molecular weight excluding hydrogens is 254 g/mol. The van der Waals surface area contributed by atoms with Gasteiger partial charge in [0.25, 0.3) is 0 Å². The van der Waals surface area contributed by atoms with Crippen molar-refractivity contribution in [1.82, 2.24) is 15.3 Å². The smallest absolute Gasteiger partial charge is 0.0897 e. The molecule has 1 N–H and O–H groups in total. The van der Waals surface area contributed by atoms with Gasteiger partial charge in [-0.1, -0.05) is 6.92 Å². The lowest BCUT2D eigenvalue weighted by Gasteiger charge is -2.17. The summed E-state index contributed by atoms with van der Waals surface area (Å²) in [4.78, 5) is 9.07. The van der Waals surface area contributed by atoms with E-state index in [9.17, 15) is 0 Å². The van der Waals surface area contributed by atoms with Crippen LogP contribution in [0.15, 0.2) is 23.7 Å². The van der Waals surface area contributed by atoms with Crippen molar-refractivity contribution >= 4 is 11.3 Å². The van der Waals surface area contributed by atoms with Crippen LogP contribution in [-0.4, -0.2) is 16.5 Å². The molecule has 0 amide bonds. The Morgan fingerprint density at radius 3 is 2.84 bits per heavy atom. The highest BCUT2D eigenvalue weighted by Crippen LogP contribution is 2.19. The third-order valence-corrected chi connectivity index (χ3v) is 3.84. The van der Waals surface area contributed by atoms with E-state index in [1.165, 1.54) is 5.56 Å². The SMILES string of the molecule is CCCNC(Cc1csc(C)n1)c1cc(C)ccn1. The highest BCUT2D eigenvalue weighted by molar-refractivity contribution is 7.09. The molecule has 1 atom stereocenters. The van der Waals surface area contributed by atoms with E-state index >= 15 is 0 Å². The van der Waals surface area contributed by atoms with Crippen molar-refractivity contribution in [1.29, 1.82) is 0 Å². The van der Waals surface area contributed by atoms with Crippen molar-refractivity contribution in [3.05, 3.63) is 45.7 Å². The monoisotopic (exact) mass is 275 g/mol. The van der Waals surface area contributed by atoms with Gasteiger partial charge >= 0.3 is 0 Å². The van der Waals surface area contributed by atoms with Crippen molar-refractivity contribution in [2.45, 2.75) is 39.7 Å². The Bertz CT molecular complexity index is 522. The van der Waals surface area contributed by atoms with Gasteiger partial charge in [0, 0.05) is 18.0 Å². The molecule has 4 heteroatoms. The molecular formula is C15H21N3S. The summed E-state index contributed by atoms with van der Waals surface area (Å²) in [5, 5.41) is 6.84. The fourth-order valence-electron chi connectivity index (χ4n) is 2.06. The Kier molecular flexibility index (Phi) is 5.05. The standard InChI is InChI=1S/C15H21N3S/c1-4-6-16-15(9-13-10-19-12(3)18-13)14-8-11(2)5-7-17-14/h5,7-8,10,15-16H,4,6,9H2,1-3H3. The van der Waals surface area contributed by atoms with Gasteiger partial charge < -0.3 is 5.32 Å². The van der Waals surface area contributed by atoms with Gasteiger partial charge in [-0.25, -0.2) is 4.98 Å². The zero-order valence-corrected chi connectivity index (χ0v) is 12.6. The van der Waals surface area contributed by atoms with Gasteiger partial charge in [-0.3, -0.25) is 4.98 Å². The first-order valence-electron chi connectivity index (χ1n) is 6.76. The van der Waals surface area contributed by atoms with Crippen LogP contribution >= 0.6 is 11.3 Å². The largest absolute Gasteiger partial charge is 0.308 e. The molecule has 1 unspecified atom stereocenters. The summed E-state index contributed by atoms with van der Waals surface area (Å²) in [6.07, 6.45) is 3.91. The van der Waals surface area contributed by atoms with Crippen LogP contribution in [0.1, 0.15) is 41.3 Å². The Balaban J connectivity index is 2.15. The lowest BCUT2D eigenvalue weighted by atomic mass is 10.1. The Morgan fingerprint density at radius 1 is 1.37 bits per heavy atom. The van der Waals surface area contributed by atoms with Gasteiger partial charge in [0.1, 0.15) is 0 Å². The molecule has 0 aliphatic rings. The fourth-order valence-corrected chi connectivity index (χ4v) is 2.69. The van der Waals surface area contributed by atoms with Crippen LogP contribution in [0.5, 0.6) is 0 Å². The van der Waals surface area contributed by atoms with Gasteiger partial charge in [-0.15, -0.1) is 11.3 Å². The molecule has 3 nitrogen and oxygen atoms in total. The van der Waals surface area contributed by atoms with Gasteiger partial charge in [-0.2, -0.15) is 0 Å². The summed E-state index contributed by atoms with van der Waals surface area (Å²) in [6.45, 7) is 7.34. The minimum atomic E-state index is 0.251. The highest BCUT2D eigenvalue weighted by Gasteiger charge is 2.14. The third kappa shape index (κ3) is 4.11. The van der Waals surface area contributed by atoms with Crippen molar-refractivity contribution in [3.8, 4) is 0 Å². The average molecular weight is 275 g/mol. The molecule has 0 spiro atoms. The van der Waals surface area contributed by atoms with Gasteiger partial charge in [0.2, 0.25) is 0 Å². The van der Waals surface area contributed by atoms with E-state index in [0.29, 0.717) is 0 Å². The minimum absolute atomic E-state index is 0.251. The van der Waals surface area contributed by atoms with Crippen molar-refractivity contribution < 1.29 is 0 Å². The van der Waals surface area contributed by atoms with Crippen molar-refractivity contribution in [2.75, 3.05) is 6.54 Å². The summed E-state index contributed by atoms with van der Waals surface area (Å²) < 4.78 is 0. The van der Waals surface area contributed by atoms with Gasteiger partial charge in [0.05, 0.1) is 22.4 Å². The zero-order chi connectivity index (χ0) is 13.7. The molecule has 0 fully saturated rings. The Hall–Kier alpha value is -1.26. The molecule has 0 aliphatic carbocycles. The molecule has 2 heterocycles. The molecule has 0 saturated heterocycles. The number of rotatable bonds is 6. The van der Waals surface area contributed by atoms with Crippen LogP contribution < -0.4 is 5.32 Å². The number of aryl methyl sites for hydroxylation is 2. The molecule has 102 valence electrons. The number of pyridine rings is 1. The molecule has 2 aromatic heterocycles. The minimum Gasteiger partial charge on any atom is -0.308 e. The lowest BCUT2D eigenvalue weighted by molar-refractivity contribution is 0.513. The lowest BCUT2D eigenvalue weighted by Crippen LogP contribution is -2.25. The molecule has 0 saturated carbocycles. The second-order valence-corrected chi connectivity index (χ2v) is 5.89. The van der Waals surface area contributed by atoms with E-state index < -0.39 is 0 Å². The first-order chi connectivity index (χ1) is 9.19. The van der Waals surface area contributed by atoms with Crippen LogP contribution in [0.3, 0.4) is 0 Å². The van der Waals surface area contributed by atoms with Crippen LogP contribution in [0, 0.1) is 13.8 Å². The van der Waals surface area contributed by atoms with E-state index in [1.807, 2.05) is 19.2 Å². The number of thiazole rings is 1. The summed E-state index contributed by atoms with van der Waals surface area (Å²) in [6, 6.07) is 4.45. The number of aromatic nitrogens is 2. The van der Waals surface area contributed by atoms with E-state index in [0.717, 1.165) is 35.8 Å². The second kappa shape index (κ2) is 6.78. The van der Waals surface area contributed by atoms with Gasteiger partial charge in [0.15, 0.2) is 0 Å². The summed E-state index contributed by atoms with van der Waals surface area (Å²) in [5.74, 6) is 0. The molecule has 0 aromatic carbocycles. The first-order valence-corrected chi connectivity index (χ1v) is 7.64. The topological polar surface area (TPSA) is 37.8 Å². The summed E-state index contributed by atoms with van der Waals surface area (Å²) in [7, 11) is 0. The van der Waals surface area contributed by atoms with Crippen molar-refractivity contribution in [2.24, 2.45) is 0 Å². The highest BCUT2D eigenvalue weighted by atomic mass is 32.1. The summed E-state index contributed by atoms with van der Waals surface area (Å²) >= 11 is 1.71. The van der Waals surface area contributed by atoms with Crippen LogP contribution in [-0.2, 0) is 6.42 Å². The number of nitrogens with one attached hydrogen (secondary N) is 1. The zero-order valence-electron chi connectivity index (χ0n) is 11.8. The van der Waals surface area contributed by atoms with E-state index in [4.69, 9.17) is 0 Å². The number of hydrogen-bond donors (Lipinski definition) is 1. The fraction of sp³-hybridized carbons (Fsp3) is 0.467. The molecule has 19 heavy (non-hydrogen) atoms. The van der Waals surface area contributed by atoms with Crippen molar-refractivity contribution in [3.63, 3.8) is 0 Å². The Labute approximate surface area is 119 Å². The molecule has 2 rings (SSSR count). The maximum absolute atomic E-state index is 4.56. The maximum atomic E-state index is 4.56. The predicted molar refractivity (Wildman–Crippen MR) is 80.6 cm³/mol. The van der Waals surface area contributed by atoms with Gasteiger partial charge in [-0.05, 0) is 44.5 Å². The molecule has 0 radical (unpaired) electrons. The quantitative estimate of drug-likeness (QED) is 0.877. The average Bonchev–Trinajstić information content (AvgIpc) is 2.80. The number of nitrogens with zero attached hydrogens (tertiary/aromatic N) is 2. The van der Waals surface area contributed by atoms with Crippen LogP contribution in [0.25, 0.3) is 0 Å². The second-order valence-electron chi connectivity index (χ2n) is 4.83. The van der Waals surface area contributed by atoms with E-state index in [1.54, 1.807) is 11.3 Å². The molecule has 0 bridgehead atoms. The first kappa shape index (κ1) is 14.2. The predicted octanol–water partition coefficient (Wildman–Crippen LogP) is 3.44. The third-order valence-electron chi connectivity index (χ3n) is 3.01. The number of hydrogen-bond acceptors (Lipinski definition) is 4. The van der Waals surface area contributed by atoms with E-state index in [-0.39, 0.29) is 6.04 Å². The molecule has 0 aliphatic heterocycles. The van der Waals surface area contributed by atoms with Crippen LogP contribution in [0.4, 0.5) is 0 Å². The molecule has 2 aromatic rings.